The molecule has 0 heterocycles. The Hall–Kier alpha value is -2.37. The van der Waals surface area contributed by atoms with Gasteiger partial charge in [-0.05, 0) is 31.4 Å². The fourth-order valence-corrected chi connectivity index (χ4v) is 1.92. The molecule has 6 heteroatoms. The van der Waals surface area contributed by atoms with Crippen molar-refractivity contribution in [3.05, 3.63) is 34.9 Å². The Balaban J connectivity index is 3.24. The third kappa shape index (κ3) is 5.37. The van der Waals surface area contributed by atoms with Crippen LogP contribution in [-0.4, -0.2) is 37.7 Å². The molecule has 0 atom stereocenters. The van der Waals surface area contributed by atoms with E-state index in [0.717, 1.165) is 0 Å². The summed E-state index contributed by atoms with van der Waals surface area (Å²) in [6, 6.07) is 4.40. The molecule has 0 aromatic heterocycles. The summed E-state index contributed by atoms with van der Waals surface area (Å²) in [5.41, 5.74) is -0.0841. The summed E-state index contributed by atoms with van der Waals surface area (Å²) in [6.45, 7) is 6.23. The van der Waals surface area contributed by atoms with Crippen LogP contribution in [0, 0.1) is 0 Å². The van der Waals surface area contributed by atoms with Gasteiger partial charge in [-0.3, -0.25) is 0 Å². The SMILES string of the molecule is CCCOC(=O)c1cccc(C(=O)OCCC)c1C(=O)OCCC. The van der Waals surface area contributed by atoms with Crippen molar-refractivity contribution in [1.82, 2.24) is 0 Å². The topological polar surface area (TPSA) is 78.9 Å². The van der Waals surface area contributed by atoms with Gasteiger partial charge in [-0.1, -0.05) is 26.8 Å². The molecule has 24 heavy (non-hydrogen) atoms. The van der Waals surface area contributed by atoms with Gasteiger partial charge < -0.3 is 14.2 Å². The minimum Gasteiger partial charge on any atom is -0.462 e. The normalized spacial score (nSPS) is 10.1. The molecular formula is C18H24O6. The summed E-state index contributed by atoms with van der Waals surface area (Å²) >= 11 is 0. The molecule has 132 valence electrons. The predicted octanol–water partition coefficient (Wildman–Crippen LogP) is 3.39. The van der Waals surface area contributed by atoms with Gasteiger partial charge in [-0.25, -0.2) is 14.4 Å². The van der Waals surface area contributed by atoms with E-state index >= 15 is 0 Å². The molecule has 0 saturated carbocycles. The van der Waals surface area contributed by atoms with Gasteiger partial charge in [0, 0.05) is 0 Å². The molecule has 0 spiro atoms. The molecular weight excluding hydrogens is 312 g/mol. The zero-order valence-electron chi connectivity index (χ0n) is 14.4. The monoisotopic (exact) mass is 336 g/mol. The van der Waals surface area contributed by atoms with Crippen molar-refractivity contribution in [2.24, 2.45) is 0 Å². The smallest absolute Gasteiger partial charge is 0.339 e. The van der Waals surface area contributed by atoms with E-state index < -0.39 is 17.9 Å². The maximum absolute atomic E-state index is 12.4. The Morgan fingerprint density at radius 1 is 0.708 bits per heavy atom. The zero-order chi connectivity index (χ0) is 17.9. The molecule has 0 saturated heterocycles. The van der Waals surface area contributed by atoms with Crippen LogP contribution in [0.4, 0.5) is 0 Å². The van der Waals surface area contributed by atoms with Crippen molar-refractivity contribution in [2.75, 3.05) is 19.8 Å². The maximum Gasteiger partial charge on any atom is 0.339 e. The highest BCUT2D eigenvalue weighted by molar-refractivity contribution is 6.10. The van der Waals surface area contributed by atoms with E-state index in [0.29, 0.717) is 19.3 Å². The van der Waals surface area contributed by atoms with Crippen LogP contribution in [0.1, 0.15) is 71.1 Å². The molecule has 0 amide bonds. The van der Waals surface area contributed by atoms with Gasteiger partial charge >= 0.3 is 17.9 Å². The van der Waals surface area contributed by atoms with Gasteiger partial charge in [0.05, 0.1) is 36.5 Å². The van der Waals surface area contributed by atoms with E-state index in [1.54, 1.807) is 0 Å². The van der Waals surface area contributed by atoms with Crippen molar-refractivity contribution in [3.63, 3.8) is 0 Å². The Kier molecular flexibility index (Phi) is 8.54. The van der Waals surface area contributed by atoms with Crippen LogP contribution in [0.25, 0.3) is 0 Å². The van der Waals surface area contributed by atoms with Crippen LogP contribution in [0.5, 0.6) is 0 Å². The highest BCUT2D eigenvalue weighted by atomic mass is 16.5. The summed E-state index contributed by atoms with van der Waals surface area (Å²) in [5.74, 6) is -2.06. The van der Waals surface area contributed by atoms with Crippen molar-refractivity contribution in [2.45, 2.75) is 40.0 Å². The van der Waals surface area contributed by atoms with Gasteiger partial charge in [-0.15, -0.1) is 0 Å². The van der Waals surface area contributed by atoms with Crippen LogP contribution in [0.15, 0.2) is 18.2 Å². The number of hydrogen-bond acceptors (Lipinski definition) is 6. The van der Waals surface area contributed by atoms with Crippen LogP contribution in [0.3, 0.4) is 0 Å². The van der Waals surface area contributed by atoms with Crippen molar-refractivity contribution in [3.8, 4) is 0 Å². The molecule has 0 fully saturated rings. The first-order valence-electron chi connectivity index (χ1n) is 8.21. The Morgan fingerprint density at radius 3 is 1.46 bits per heavy atom. The summed E-state index contributed by atoms with van der Waals surface area (Å²) in [7, 11) is 0. The van der Waals surface area contributed by atoms with E-state index in [9.17, 15) is 14.4 Å². The van der Waals surface area contributed by atoms with Gasteiger partial charge in [0.15, 0.2) is 0 Å². The van der Waals surface area contributed by atoms with Crippen molar-refractivity contribution >= 4 is 17.9 Å². The average molecular weight is 336 g/mol. The lowest BCUT2D eigenvalue weighted by Crippen LogP contribution is -2.20. The van der Waals surface area contributed by atoms with Gasteiger partial charge in [0.2, 0.25) is 0 Å². The van der Waals surface area contributed by atoms with Crippen LogP contribution in [0.2, 0.25) is 0 Å². The molecule has 0 aliphatic carbocycles. The number of benzene rings is 1. The minimum absolute atomic E-state index is 0.00972. The number of ether oxygens (including phenoxy) is 3. The number of esters is 3. The summed E-state index contributed by atoms with van der Waals surface area (Å²) in [6.07, 6.45) is 1.93. The number of carbonyl (C=O) groups excluding carboxylic acids is 3. The molecule has 0 unspecified atom stereocenters. The molecule has 1 aromatic carbocycles. The van der Waals surface area contributed by atoms with Crippen molar-refractivity contribution in [1.29, 1.82) is 0 Å². The van der Waals surface area contributed by atoms with E-state index in [-0.39, 0.29) is 36.5 Å². The lowest BCUT2D eigenvalue weighted by molar-refractivity contribution is 0.0437. The molecule has 0 bridgehead atoms. The lowest BCUT2D eigenvalue weighted by atomic mass is 10.0. The Labute approximate surface area is 142 Å². The molecule has 0 N–H and O–H groups in total. The summed E-state index contributed by atoms with van der Waals surface area (Å²) < 4.78 is 15.3. The average Bonchev–Trinajstić information content (AvgIpc) is 2.61. The number of carbonyl (C=O) groups is 3. The second-order valence-corrected chi connectivity index (χ2v) is 5.14. The number of hydrogen-bond donors (Lipinski definition) is 0. The Bertz CT molecular complexity index is 541. The third-order valence-electron chi connectivity index (χ3n) is 3.02. The standard InChI is InChI=1S/C18H24O6/c1-4-10-22-16(19)13-8-7-9-14(17(20)23-11-5-2)15(13)18(21)24-12-6-3/h7-9H,4-6,10-12H2,1-3H3. The molecule has 1 rings (SSSR count). The minimum atomic E-state index is -0.732. The van der Waals surface area contributed by atoms with E-state index in [2.05, 4.69) is 0 Å². The summed E-state index contributed by atoms with van der Waals surface area (Å²) in [4.78, 5) is 36.8. The van der Waals surface area contributed by atoms with Crippen LogP contribution >= 0.6 is 0 Å². The quantitative estimate of drug-likeness (QED) is 0.508. The molecule has 0 aliphatic heterocycles. The molecule has 0 radical (unpaired) electrons. The van der Waals surface area contributed by atoms with E-state index in [1.165, 1.54) is 18.2 Å². The largest absolute Gasteiger partial charge is 0.462 e. The van der Waals surface area contributed by atoms with E-state index in [4.69, 9.17) is 14.2 Å². The highest BCUT2D eigenvalue weighted by Crippen LogP contribution is 2.19. The first-order chi connectivity index (χ1) is 11.6. The van der Waals surface area contributed by atoms with Crippen LogP contribution in [-0.2, 0) is 14.2 Å². The van der Waals surface area contributed by atoms with Gasteiger partial charge in [0.25, 0.3) is 0 Å². The maximum atomic E-state index is 12.4. The van der Waals surface area contributed by atoms with E-state index in [1.807, 2.05) is 20.8 Å². The predicted molar refractivity (Wildman–Crippen MR) is 88.2 cm³/mol. The first kappa shape index (κ1) is 19.7. The molecule has 1 aromatic rings. The second kappa shape index (κ2) is 10.4. The zero-order valence-corrected chi connectivity index (χ0v) is 14.4. The lowest BCUT2D eigenvalue weighted by Gasteiger charge is -2.13. The van der Waals surface area contributed by atoms with Gasteiger partial charge in [-0.2, -0.15) is 0 Å². The van der Waals surface area contributed by atoms with Crippen molar-refractivity contribution < 1.29 is 28.6 Å². The fourth-order valence-electron chi connectivity index (χ4n) is 1.92. The van der Waals surface area contributed by atoms with Crippen LogP contribution < -0.4 is 0 Å². The second-order valence-electron chi connectivity index (χ2n) is 5.14. The Morgan fingerprint density at radius 2 is 1.08 bits per heavy atom. The summed E-state index contributed by atoms with van der Waals surface area (Å²) in [5, 5.41) is 0. The fraction of sp³-hybridized carbons (Fsp3) is 0.500. The van der Waals surface area contributed by atoms with Gasteiger partial charge in [0.1, 0.15) is 0 Å². The molecule has 0 aliphatic rings. The molecule has 6 nitrogen and oxygen atoms in total. The number of rotatable bonds is 9. The first-order valence-corrected chi connectivity index (χ1v) is 8.21. The highest BCUT2D eigenvalue weighted by Gasteiger charge is 2.26. The third-order valence-corrected chi connectivity index (χ3v) is 3.02.